The third kappa shape index (κ3) is 2.09. The number of H-pyrrole nitrogens is 1. The molecule has 2 rings (SSSR count). The molecule has 0 aliphatic heterocycles. The van der Waals surface area contributed by atoms with Gasteiger partial charge in [0.15, 0.2) is 0 Å². The molecule has 0 amide bonds. The van der Waals surface area contributed by atoms with Crippen LogP contribution in [0.15, 0.2) is 22.7 Å². The minimum Gasteiger partial charge on any atom is -0.481 e. The van der Waals surface area contributed by atoms with Gasteiger partial charge in [0, 0.05) is 22.0 Å². The van der Waals surface area contributed by atoms with Crippen molar-refractivity contribution in [2.75, 3.05) is 0 Å². The smallest absolute Gasteiger partial charge is 0.306 e. The van der Waals surface area contributed by atoms with Gasteiger partial charge in [-0.15, -0.1) is 0 Å². The van der Waals surface area contributed by atoms with E-state index < -0.39 is 11.9 Å². The molecular formula is C11H11BrN2O2. The monoisotopic (exact) mass is 282 g/mol. The number of hydrogen-bond donors (Lipinski definition) is 2. The highest BCUT2D eigenvalue weighted by atomic mass is 79.9. The first-order valence-corrected chi connectivity index (χ1v) is 5.72. The fourth-order valence-corrected chi connectivity index (χ4v) is 1.95. The van der Waals surface area contributed by atoms with Crippen molar-refractivity contribution in [1.29, 1.82) is 0 Å². The fraction of sp³-hybridized carbons (Fsp3) is 0.273. The predicted octanol–water partition coefficient (Wildman–Crippen LogP) is 2.59. The Morgan fingerprint density at radius 2 is 2.38 bits per heavy atom. The number of aromatic nitrogens is 2. The SMILES string of the molecule is CC(Cc1[nH]nc2ccc(Br)cc12)C(=O)O. The number of rotatable bonds is 3. The maximum atomic E-state index is 10.8. The summed E-state index contributed by atoms with van der Waals surface area (Å²) in [4.78, 5) is 10.8. The first-order valence-electron chi connectivity index (χ1n) is 4.93. The first-order chi connectivity index (χ1) is 7.58. The van der Waals surface area contributed by atoms with E-state index in [1.807, 2.05) is 18.2 Å². The van der Waals surface area contributed by atoms with E-state index in [1.54, 1.807) is 6.92 Å². The summed E-state index contributed by atoms with van der Waals surface area (Å²) < 4.78 is 0.964. The zero-order valence-corrected chi connectivity index (χ0v) is 10.3. The molecule has 1 aromatic heterocycles. The summed E-state index contributed by atoms with van der Waals surface area (Å²) in [6.07, 6.45) is 0.461. The average Bonchev–Trinajstić information content (AvgIpc) is 2.61. The normalized spacial score (nSPS) is 12.9. The average molecular weight is 283 g/mol. The second kappa shape index (κ2) is 4.25. The van der Waals surface area contributed by atoms with Crippen molar-refractivity contribution in [3.05, 3.63) is 28.4 Å². The molecule has 84 valence electrons. The molecule has 5 heteroatoms. The molecule has 1 heterocycles. The zero-order valence-electron chi connectivity index (χ0n) is 8.70. The van der Waals surface area contributed by atoms with Crippen molar-refractivity contribution in [2.45, 2.75) is 13.3 Å². The van der Waals surface area contributed by atoms with Gasteiger partial charge in [-0.05, 0) is 18.2 Å². The van der Waals surface area contributed by atoms with Crippen molar-refractivity contribution in [2.24, 2.45) is 5.92 Å². The first kappa shape index (κ1) is 11.1. The van der Waals surface area contributed by atoms with E-state index in [2.05, 4.69) is 26.1 Å². The van der Waals surface area contributed by atoms with Gasteiger partial charge in [0.1, 0.15) is 0 Å². The van der Waals surface area contributed by atoms with Crippen LogP contribution in [0.3, 0.4) is 0 Å². The van der Waals surface area contributed by atoms with E-state index >= 15 is 0 Å². The standard InChI is InChI=1S/C11H11BrN2O2/c1-6(11(15)16)4-10-8-5-7(12)2-3-9(8)13-14-10/h2-3,5-6H,4H2,1H3,(H,13,14)(H,15,16). The van der Waals surface area contributed by atoms with Crippen molar-refractivity contribution >= 4 is 32.8 Å². The Hall–Kier alpha value is -1.36. The van der Waals surface area contributed by atoms with Crippen LogP contribution in [-0.2, 0) is 11.2 Å². The third-order valence-corrected chi connectivity index (χ3v) is 3.02. The maximum absolute atomic E-state index is 10.8. The molecule has 1 atom stereocenters. The molecule has 4 nitrogen and oxygen atoms in total. The van der Waals surface area contributed by atoms with E-state index in [0.29, 0.717) is 6.42 Å². The number of carbonyl (C=O) groups is 1. The number of nitrogens with zero attached hydrogens (tertiary/aromatic N) is 1. The van der Waals surface area contributed by atoms with Crippen molar-refractivity contribution in [3.8, 4) is 0 Å². The van der Waals surface area contributed by atoms with Gasteiger partial charge in [-0.1, -0.05) is 22.9 Å². The van der Waals surface area contributed by atoms with Crippen LogP contribution in [0.5, 0.6) is 0 Å². The lowest BCUT2D eigenvalue weighted by Gasteiger charge is -2.03. The van der Waals surface area contributed by atoms with Gasteiger partial charge in [0.25, 0.3) is 0 Å². The fourth-order valence-electron chi connectivity index (χ4n) is 1.58. The molecule has 0 aliphatic rings. The molecule has 1 aromatic carbocycles. The maximum Gasteiger partial charge on any atom is 0.306 e. The molecule has 0 saturated heterocycles. The molecule has 0 fully saturated rings. The van der Waals surface area contributed by atoms with Gasteiger partial charge in [-0.25, -0.2) is 0 Å². The summed E-state index contributed by atoms with van der Waals surface area (Å²) >= 11 is 3.39. The summed E-state index contributed by atoms with van der Waals surface area (Å²) in [5.41, 5.74) is 1.72. The number of aliphatic carboxylic acids is 1. The summed E-state index contributed by atoms with van der Waals surface area (Å²) in [7, 11) is 0. The number of aromatic amines is 1. The van der Waals surface area contributed by atoms with Gasteiger partial charge >= 0.3 is 5.97 Å². The van der Waals surface area contributed by atoms with Crippen LogP contribution in [0.25, 0.3) is 10.9 Å². The van der Waals surface area contributed by atoms with Gasteiger partial charge in [0.2, 0.25) is 0 Å². The molecule has 0 spiro atoms. The molecule has 0 saturated carbocycles. The van der Waals surface area contributed by atoms with Crippen LogP contribution >= 0.6 is 15.9 Å². The second-order valence-electron chi connectivity index (χ2n) is 3.81. The quantitative estimate of drug-likeness (QED) is 0.909. The number of nitrogens with one attached hydrogen (secondary N) is 1. The summed E-state index contributed by atoms with van der Waals surface area (Å²) in [5, 5.41) is 16.9. The largest absolute Gasteiger partial charge is 0.481 e. The number of hydrogen-bond acceptors (Lipinski definition) is 2. The van der Waals surface area contributed by atoms with Crippen LogP contribution in [0.2, 0.25) is 0 Å². The van der Waals surface area contributed by atoms with E-state index in [9.17, 15) is 4.79 Å². The Kier molecular flexibility index (Phi) is 2.96. The predicted molar refractivity (Wildman–Crippen MR) is 64.3 cm³/mol. The number of halogens is 1. The molecule has 2 N–H and O–H groups in total. The molecule has 16 heavy (non-hydrogen) atoms. The van der Waals surface area contributed by atoms with Crippen LogP contribution < -0.4 is 0 Å². The molecular weight excluding hydrogens is 272 g/mol. The van der Waals surface area contributed by atoms with Crippen molar-refractivity contribution in [3.63, 3.8) is 0 Å². The molecule has 2 aromatic rings. The minimum atomic E-state index is -0.794. The van der Waals surface area contributed by atoms with Gasteiger partial charge in [-0.2, -0.15) is 5.10 Å². The lowest BCUT2D eigenvalue weighted by atomic mass is 10.0. The molecule has 0 aliphatic carbocycles. The highest BCUT2D eigenvalue weighted by Gasteiger charge is 2.15. The van der Waals surface area contributed by atoms with Crippen LogP contribution in [-0.4, -0.2) is 21.3 Å². The number of carboxylic acids is 1. The van der Waals surface area contributed by atoms with Crippen LogP contribution in [0, 0.1) is 5.92 Å². The van der Waals surface area contributed by atoms with Crippen molar-refractivity contribution < 1.29 is 9.90 Å². The highest BCUT2D eigenvalue weighted by molar-refractivity contribution is 9.10. The zero-order chi connectivity index (χ0) is 11.7. The number of benzene rings is 1. The van der Waals surface area contributed by atoms with Crippen molar-refractivity contribution in [1.82, 2.24) is 10.2 Å². The Balaban J connectivity index is 2.37. The Morgan fingerprint density at radius 3 is 3.06 bits per heavy atom. The van der Waals surface area contributed by atoms with E-state index in [4.69, 9.17) is 5.11 Å². The molecule has 0 radical (unpaired) electrons. The third-order valence-electron chi connectivity index (χ3n) is 2.53. The topological polar surface area (TPSA) is 66.0 Å². The number of fused-ring (bicyclic) bond motifs is 1. The van der Waals surface area contributed by atoms with Gasteiger partial charge < -0.3 is 5.11 Å². The number of carboxylic acid groups (broad SMARTS) is 1. The van der Waals surface area contributed by atoms with E-state index in [1.165, 1.54) is 0 Å². The minimum absolute atomic E-state index is 0.414. The van der Waals surface area contributed by atoms with E-state index in [0.717, 1.165) is 21.1 Å². The van der Waals surface area contributed by atoms with Crippen LogP contribution in [0.1, 0.15) is 12.6 Å². The Morgan fingerprint density at radius 1 is 1.62 bits per heavy atom. The summed E-state index contributed by atoms with van der Waals surface area (Å²) in [6.45, 7) is 1.69. The lowest BCUT2D eigenvalue weighted by Crippen LogP contribution is -2.12. The summed E-state index contributed by atoms with van der Waals surface area (Å²) in [5.74, 6) is -1.21. The Labute approximate surface area is 101 Å². The highest BCUT2D eigenvalue weighted by Crippen LogP contribution is 2.22. The van der Waals surface area contributed by atoms with Gasteiger partial charge in [0.05, 0.1) is 11.4 Å². The second-order valence-corrected chi connectivity index (χ2v) is 4.72. The van der Waals surface area contributed by atoms with Crippen LogP contribution in [0.4, 0.5) is 0 Å². The Bertz CT molecular complexity index is 536. The van der Waals surface area contributed by atoms with E-state index in [-0.39, 0.29) is 0 Å². The molecule has 0 bridgehead atoms. The lowest BCUT2D eigenvalue weighted by molar-refractivity contribution is -0.141. The molecule has 1 unspecified atom stereocenters. The van der Waals surface area contributed by atoms with Gasteiger partial charge in [-0.3, -0.25) is 9.89 Å². The summed E-state index contributed by atoms with van der Waals surface area (Å²) in [6, 6.07) is 5.75.